The van der Waals surface area contributed by atoms with Crippen LogP contribution in [0.4, 0.5) is 0 Å². The summed E-state index contributed by atoms with van der Waals surface area (Å²) in [6.07, 6.45) is 9.15. The Morgan fingerprint density at radius 1 is 1.11 bits per heavy atom. The van der Waals surface area contributed by atoms with Gasteiger partial charge >= 0.3 is 0 Å². The minimum Gasteiger partial charge on any atom is -0.0843 e. The second-order valence-electron chi connectivity index (χ2n) is 5.78. The van der Waals surface area contributed by atoms with Gasteiger partial charge < -0.3 is 0 Å². The molecule has 1 unspecified atom stereocenters. The summed E-state index contributed by atoms with van der Waals surface area (Å²) in [4.78, 5) is 0. The third kappa shape index (κ3) is 5.44. The van der Waals surface area contributed by atoms with Crippen LogP contribution in [0.15, 0.2) is 24.3 Å². The van der Waals surface area contributed by atoms with Crippen LogP contribution in [0.3, 0.4) is 0 Å². The maximum Gasteiger partial charge on any atom is 0.0408 e. The molecule has 0 N–H and O–H groups in total. The van der Waals surface area contributed by atoms with Crippen LogP contribution in [0, 0.1) is 5.41 Å². The molecule has 0 radical (unpaired) electrons. The normalized spacial score (nSPS) is 14.4. The fraction of sp³-hybridized carbons (Fsp3) is 0.647. The summed E-state index contributed by atoms with van der Waals surface area (Å²) in [5.74, 6) is 0. The molecule has 1 atom stereocenters. The van der Waals surface area contributed by atoms with Gasteiger partial charge in [-0.15, -0.1) is 0 Å². The molecule has 18 heavy (non-hydrogen) atoms. The van der Waals surface area contributed by atoms with E-state index in [1.807, 2.05) is 6.07 Å². The van der Waals surface area contributed by atoms with Crippen LogP contribution < -0.4 is 0 Å². The molecule has 0 aliphatic heterocycles. The minimum atomic E-state index is 0.429. The zero-order valence-corrected chi connectivity index (χ0v) is 12.9. The van der Waals surface area contributed by atoms with Gasteiger partial charge in [0, 0.05) is 5.02 Å². The van der Waals surface area contributed by atoms with Crippen molar-refractivity contribution >= 4 is 11.6 Å². The summed E-state index contributed by atoms with van der Waals surface area (Å²) in [5.41, 5.74) is 1.81. The minimum absolute atomic E-state index is 0.429. The lowest BCUT2D eigenvalue weighted by atomic mass is 9.77. The molecular formula is C17H27Cl. The first-order chi connectivity index (χ1) is 8.59. The molecule has 0 bridgehead atoms. The lowest BCUT2D eigenvalue weighted by Gasteiger charge is -2.28. The van der Waals surface area contributed by atoms with Crippen LogP contribution in [-0.2, 0) is 6.42 Å². The van der Waals surface area contributed by atoms with Gasteiger partial charge in [0.2, 0.25) is 0 Å². The second-order valence-corrected chi connectivity index (χ2v) is 6.22. The van der Waals surface area contributed by atoms with Crippen molar-refractivity contribution in [3.63, 3.8) is 0 Å². The summed E-state index contributed by atoms with van der Waals surface area (Å²) in [7, 11) is 0. The average Bonchev–Trinajstić information content (AvgIpc) is 2.35. The van der Waals surface area contributed by atoms with Gasteiger partial charge in [0.05, 0.1) is 0 Å². The number of hydrogen-bond donors (Lipinski definition) is 0. The quantitative estimate of drug-likeness (QED) is 0.487. The zero-order valence-electron chi connectivity index (χ0n) is 12.1. The van der Waals surface area contributed by atoms with Crippen LogP contribution in [0.5, 0.6) is 0 Å². The van der Waals surface area contributed by atoms with E-state index in [4.69, 9.17) is 11.6 Å². The lowest BCUT2D eigenvalue weighted by Crippen LogP contribution is -2.18. The Balaban J connectivity index is 2.53. The molecule has 0 fully saturated rings. The molecule has 0 saturated carbocycles. The first-order valence-corrected chi connectivity index (χ1v) is 7.72. The highest BCUT2D eigenvalue weighted by molar-refractivity contribution is 6.30. The highest BCUT2D eigenvalue weighted by atomic mass is 35.5. The van der Waals surface area contributed by atoms with E-state index in [-0.39, 0.29) is 0 Å². The molecule has 0 aliphatic carbocycles. The van der Waals surface area contributed by atoms with Crippen LogP contribution in [0.1, 0.15) is 64.9 Å². The predicted molar refractivity (Wildman–Crippen MR) is 82.3 cm³/mol. The molecule has 0 amide bonds. The summed E-state index contributed by atoms with van der Waals surface area (Å²) in [6.45, 7) is 7.00. The average molecular weight is 267 g/mol. The SMILES string of the molecule is CCCCCCC(C)(CC)Cc1cccc(Cl)c1. The van der Waals surface area contributed by atoms with Crippen molar-refractivity contribution in [3.05, 3.63) is 34.9 Å². The Labute approximate surface area is 118 Å². The van der Waals surface area contributed by atoms with Gasteiger partial charge in [-0.1, -0.05) is 76.6 Å². The van der Waals surface area contributed by atoms with Crippen molar-refractivity contribution in [2.24, 2.45) is 5.41 Å². The molecule has 1 aromatic carbocycles. The van der Waals surface area contributed by atoms with Gasteiger partial charge in [0.1, 0.15) is 0 Å². The monoisotopic (exact) mass is 266 g/mol. The second kappa shape index (κ2) is 7.84. The van der Waals surface area contributed by atoms with Gasteiger partial charge in [0.15, 0.2) is 0 Å². The summed E-state index contributed by atoms with van der Waals surface area (Å²) < 4.78 is 0. The number of halogens is 1. The van der Waals surface area contributed by atoms with Crippen LogP contribution in [0.25, 0.3) is 0 Å². The smallest absolute Gasteiger partial charge is 0.0408 e. The van der Waals surface area contributed by atoms with E-state index in [0.717, 1.165) is 11.4 Å². The van der Waals surface area contributed by atoms with E-state index in [1.54, 1.807) is 0 Å². The standard InChI is InChI=1S/C17H27Cl/c1-4-6-7-8-12-17(3,5-2)14-15-10-9-11-16(18)13-15/h9-11,13H,4-8,12,14H2,1-3H3. The number of benzene rings is 1. The lowest BCUT2D eigenvalue weighted by molar-refractivity contribution is 0.270. The fourth-order valence-corrected chi connectivity index (χ4v) is 2.72. The molecule has 0 spiro atoms. The molecule has 0 aromatic heterocycles. The Morgan fingerprint density at radius 3 is 2.50 bits per heavy atom. The maximum atomic E-state index is 6.06. The van der Waals surface area contributed by atoms with Crippen molar-refractivity contribution < 1.29 is 0 Å². The molecule has 1 aromatic rings. The number of unbranched alkanes of at least 4 members (excludes halogenated alkanes) is 3. The van der Waals surface area contributed by atoms with Crippen molar-refractivity contribution in [3.8, 4) is 0 Å². The van der Waals surface area contributed by atoms with Crippen molar-refractivity contribution in [1.82, 2.24) is 0 Å². The maximum absolute atomic E-state index is 6.06. The molecular weight excluding hydrogens is 240 g/mol. The third-order valence-electron chi connectivity index (χ3n) is 4.01. The van der Waals surface area contributed by atoms with E-state index >= 15 is 0 Å². The summed E-state index contributed by atoms with van der Waals surface area (Å²) in [6, 6.07) is 8.33. The van der Waals surface area contributed by atoms with Crippen LogP contribution in [-0.4, -0.2) is 0 Å². The van der Waals surface area contributed by atoms with E-state index in [1.165, 1.54) is 44.1 Å². The van der Waals surface area contributed by atoms with E-state index in [9.17, 15) is 0 Å². The number of rotatable bonds is 8. The van der Waals surface area contributed by atoms with Crippen LogP contribution in [0.2, 0.25) is 5.02 Å². The van der Waals surface area contributed by atoms with E-state index in [0.29, 0.717) is 5.41 Å². The summed E-state index contributed by atoms with van der Waals surface area (Å²) in [5, 5.41) is 0.858. The van der Waals surface area contributed by atoms with Crippen molar-refractivity contribution in [2.75, 3.05) is 0 Å². The largest absolute Gasteiger partial charge is 0.0843 e. The van der Waals surface area contributed by atoms with Crippen molar-refractivity contribution in [1.29, 1.82) is 0 Å². The van der Waals surface area contributed by atoms with Gasteiger partial charge in [-0.05, 0) is 36.0 Å². The first-order valence-electron chi connectivity index (χ1n) is 7.34. The van der Waals surface area contributed by atoms with Gasteiger partial charge in [-0.3, -0.25) is 0 Å². The molecule has 0 heterocycles. The molecule has 0 saturated heterocycles. The van der Waals surface area contributed by atoms with Gasteiger partial charge in [0.25, 0.3) is 0 Å². The van der Waals surface area contributed by atoms with E-state index in [2.05, 4.69) is 39.0 Å². The molecule has 1 rings (SSSR count). The van der Waals surface area contributed by atoms with E-state index < -0.39 is 0 Å². The van der Waals surface area contributed by atoms with Gasteiger partial charge in [-0.25, -0.2) is 0 Å². The summed E-state index contributed by atoms with van der Waals surface area (Å²) >= 11 is 6.06. The molecule has 0 nitrogen and oxygen atoms in total. The molecule has 0 aliphatic rings. The highest BCUT2D eigenvalue weighted by Gasteiger charge is 2.21. The van der Waals surface area contributed by atoms with Crippen molar-refractivity contribution in [2.45, 2.75) is 65.7 Å². The Bertz CT molecular complexity index is 345. The highest BCUT2D eigenvalue weighted by Crippen LogP contribution is 2.33. The molecule has 102 valence electrons. The predicted octanol–water partition coefficient (Wildman–Crippen LogP) is 6.27. The first kappa shape index (κ1) is 15.6. The Morgan fingerprint density at radius 2 is 1.89 bits per heavy atom. The zero-order chi connectivity index (χ0) is 13.4. The number of hydrogen-bond acceptors (Lipinski definition) is 0. The molecule has 1 heteroatoms. The fourth-order valence-electron chi connectivity index (χ4n) is 2.51. The van der Waals surface area contributed by atoms with Gasteiger partial charge in [-0.2, -0.15) is 0 Å². The topological polar surface area (TPSA) is 0 Å². The third-order valence-corrected chi connectivity index (χ3v) is 4.24. The Hall–Kier alpha value is -0.490. The Kier molecular flexibility index (Phi) is 6.78. The van der Waals surface area contributed by atoms with Crippen LogP contribution >= 0.6 is 11.6 Å².